The molecule has 0 aliphatic heterocycles. The van der Waals surface area contributed by atoms with Crippen LogP contribution in [-0.4, -0.2) is 18.5 Å². The van der Waals surface area contributed by atoms with Crippen LogP contribution < -0.4 is 11.1 Å². The normalized spacial score (nSPS) is 12.3. The first-order valence-electron chi connectivity index (χ1n) is 6.85. The van der Waals surface area contributed by atoms with Gasteiger partial charge in [0.25, 0.3) is 5.91 Å². The molecule has 3 nitrogen and oxygen atoms in total. The number of nitrogens with one attached hydrogen (secondary N) is 1. The van der Waals surface area contributed by atoms with E-state index in [1.165, 1.54) is 12.1 Å². The Morgan fingerprint density at radius 3 is 2.60 bits per heavy atom. The van der Waals surface area contributed by atoms with Crippen molar-refractivity contribution < 1.29 is 9.18 Å². The number of rotatable bonds is 5. The van der Waals surface area contributed by atoms with Crippen LogP contribution in [0.4, 0.5) is 4.39 Å². The lowest BCUT2D eigenvalue weighted by Gasteiger charge is -2.16. The van der Waals surface area contributed by atoms with E-state index >= 15 is 0 Å². The van der Waals surface area contributed by atoms with Crippen LogP contribution in [-0.2, 0) is 0 Å². The predicted molar refractivity (Wildman–Crippen MR) is 79.1 cm³/mol. The molecule has 3 N–H and O–H groups in total. The summed E-state index contributed by atoms with van der Waals surface area (Å²) in [5.41, 5.74) is 6.13. The van der Waals surface area contributed by atoms with E-state index in [2.05, 4.69) is 5.32 Å². The lowest BCUT2D eigenvalue weighted by atomic mass is 10.0. The van der Waals surface area contributed by atoms with Gasteiger partial charge in [-0.3, -0.25) is 4.79 Å². The highest BCUT2D eigenvalue weighted by Gasteiger charge is 2.15. The van der Waals surface area contributed by atoms with E-state index in [4.69, 9.17) is 5.73 Å². The van der Waals surface area contributed by atoms with E-state index < -0.39 is 0 Å². The Hall–Kier alpha value is -1.94. The van der Waals surface area contributed by atoms with Gasteiger partial charge in [0.1, 0.15) is 5.82 Å². The van der Waals surface area contributed by atoms with E-state index in [1.54, 1.807) is 24.3 Å². The highest BCUT2D eigenvalue weighted by Crippen LogP contribution is 2.21. The summed E-state index contributed by atoms with van der Waals surface area (Å²) >= 11 is 0. The molecule has 2 rings (SSSR count). The maximum Gasteiger partial charge on any atom is 0.252 e. The van der Waals surface area contributed by atoms with E-state index in [1.807, 2.05) is 6.92 Å². The Bertz CT molecular complexity index is 612. The summed E-state index contributed by atoms with van der Waals surface area (Å²) in [6, 6.07) is 9.79. The van der Waals surface area contributed by atoms with Gasteiger partial charge < -0.3 is 11.1 Å². The van der Waals surface area contributed by atoms with Crippen molar-refractivity contribution in [3.8, 4) is 0 Å². The van der Waals surface area contributed by atoms with Crippen molar-refractivity contribution in [2.24, 2.45) is 5.73 Å². The van der Waals surface area contributed by atoms with Crippen molar-refractivity contribution in [2.75, 3.05) is 6.54 Å². The molecule has 1 atom stereocenters. The van der Waals surface area contributed by atoms with E-state index in [0.29, 0.717) is 22.9 Å². The van der Waals surface area contributed by atoms with Gasteiger partial charge in [-0.05, 0) is 23.9 Å². The fourth-order valence-electron chi connectivity index (χ4n) is 2.32. The molecule has 0 bridgehead atoms. The molecule has 20 heavy (non-hydrogen) atoms. The zero-order valence-electron chi connectivity index (χ0n) is 11.5. The topological polar surface area (TPSA) is 55.1 Å². The quantitative estimate of drug-likeness (QED) is 0.881. The highest BCUT2D eigenvalue weighted by atomic mass is 19.1. The lowest BCUT2D eigenvalue weighted by molar-refractivity contribution is 0.0938. The summed E-state index contributed by atoms with van der Waals surface area (Å²) in [7, 11) is 0. The van der Waals surface area contributed by atoms with Crippen molar-refractivity contribution in [3.05, 3.63) is 47.8 Å². The van der Waals surface area contributed by atoms with Crippen LogP contribution in [0.1, 0.15) is 30.1 Å². The highest BCUT2D eigenvalue weighted by molar-refractivity contribution is 6.07. The third-order valence-corrected chi connectivity index (χ3v) is 3.37. The van der Waals surface area contributed by atoms with Crippen molar-refractivity contribution in [2.45, 2.75) is 25.8 Å². The minimum Gasteiger partial charge on any atom is -0.348 e. The summed E-state index contributed by atoms with van der Waals surface area (Å²) in [5.74, 6) is -0.522. The molecule has 0 radical (unpaired) electrons. The summed E-state index contributed by atoms with van der Waals surface area (Å²) in [4.78, 5) is 12.3. The van der Waals surface area contributed by atoms with Crippen molar-refractivity contribution in [3.63, 3.8) is 0 Å². The van der Waals surface area contributed by atoms with E-state index in [0.717, 1.165) is 12.8 Å². The number of nitrogens with two attached hydrogens (primary N) is 1. The van der Waals surface area contributed by atoms with Gasteiger partial charge in [-0.15, -0.1) is 0 Å². The minimum atomic E-state index is -0.318. The second-order valence-corrected chi connectivity index (χ2v) is 4.84. The lowest BCUT2D eigenvalue weighted by Crippen LogP contribution is -2.40. The Labute approximate surface area is 118 Å². The fourth-order valence-corrected chi connectivity index (χ4v) is 2.32. The zero-order valence-corrected chi connectivity index (χ0v) is 11.5. The van der Waals surface area contributed by atoms with Crippen LogP contribution in [0.5, 0.6) is 0 Å². The zero-order chi connectivity index (χ0) is 14.5. The van der Waals surface area contributed by atoms with Gasteiger partial charge in [-0.25, -0.2) is 4.39 Å². The molecule has 0 saturated heterocycles. The second-order valence-electron chi connectivity index (χ2n) is 4.84. The molecule has 2 aromatic carbocycles. The number of hydrogen-bond acceptors (Lipinski definition) is 2. The van der Waals surface area contributed by atoms with Gasteiger partial charge in [-0.1, -0.05) is 37.6 Å². The number of hydrogen-bond donors (Lipinski definition) is 2. The standard InChI is InChI=1S/C16H19FN2O/c1-2-5-11(10-18)19-16(20)14-8-9-15(17)13-7-4-3-6-12(13)14/h3-4,6-9,11H,2,5,10,18H2,1H3,(H,19,20). The maximum absolute atomic E-state index is 13.7. The Kier molecular flexibility index (Phi) is 4.69. The molecule has 4 heteroatoms. The fraction of sp³-hybridized carbons (Fsp3) is 0.312. The monoisotopic (exact) mass is 274 g/mol. The van der Waals surface area contributed by atoms with Gasteiger partial charge in [0.15, 0.2) is 0 Å². The molecule has 0 aromatic heterocycles. The molecule has 2 aromatic rings. The molecular formula is C16H19FN2O. The van der Waals surface area contributed by atoms with Crippen molar-refractivity contribution >= 4 is 16.7 Å². The predicted octanol–water partition coefficient (Wildman–Crippen LogP) is 2.84. The van der Waals surface area contributed by atoms with Gasteiger partial charge in [0.05, 0.1) is 0 Å². The van der Waals surface area contributed by atoms with Crippen LogP contribution in [0.3, 0.4) is 0 Å². The molecule has 0 aliphatic rings. The smallest absolute Gasteiger partial charge is 0.252 e. The molecule has 1 unspecified atom stereocenters. The molecule has 106 valence electrons. The van der Waals surface area contributed by atoms with E-state index in [9.17, 15) is 9.18 Å². The van der Waals surface area contributed by atoms with Gasteiger partial charge in [0.2, 0.25) is 0 Å². The first kappa shape index (κ1) is 14.5. The summed E-state index contributed by atoms with van der Waals surface area (Å²) in [6.45, 7) is 2.45. The average Bonchev–Trinajstić information content (AvgIpc) is 2.47. The van der Waals surface area contributed by atoms with Crippen molar-refractivity contribution in [1.82, 2.24) is 5.32 Å². The van der Waals surface area contributed by atoms with Crippen LogP contribution >= 0.6 is 0 Å². The van der Waals surface area contributed by atoms with Gasteiger partial charge in [0, 0.05) is 23.5 Å². The SMILES string of the molecule is CCCC(CN)NC(=O)c1ccc(F)c2ccccc12. The first-order valence-corrected chi connectivity index (χ1v) is 6.85. The molecule has 0 spiro atoms. The molecule has 0 saturated carbocycles. The molecule has 0 heterocycles. The summed E-state index contributed by atoms with van der Waals surface area (Å²) < 4.78 is 13.7. The Morgan fingerprint density at radius 2 is 1.95 bits per heavy atom. The van der Waals surface area contributed by atoms with Crippen LogP contribution in [0.2, 0.25) is 0 Å². The van der Waals surface area contributed by atoms with Crippen LogP contribution in [0, 0.1) is 5.82 Å². The van der Waals surface area contributed by atoms with Crippen LogP contribution in [0.15, 0.2) is 36.4 Å². The van der Waals surface area contributed by atoms with Crippen LogP contribution in [0.25, 0.3) is 10.8 Å². The molecule has 1 amide bonds. The maximum atomic E-state index is 13.7. The number of fused-ring (bicyclic) bond motifs is 1. The largest absolute Gasteiger partial charge is 0.348 e. The Balaban J connectivity index is 2.33. The third-order valence-electron chi connectivity index (χ3n) is 3.37. The van der Waals surface area contributed by atoms with Gasteiger partial charge >= 0.3 is 0 Å². The summed E-state index contributed by atoms with van der Waals surface area (Å²) in [5, 5.41) is 3.99. The first-order chi connectivity index (χ1) is 9.67. The number of halogens is 1. The third kappa shape index (κ3) is 2.96. The number of carbonyl (C=O) groups is 1. The summed E-state index contributed by atoms with van der Waals surface area (Å²) in [6.07, 6.45) is 1.79. The molecule has 0 aliphatic carbocycles. The molecular weight excluding hydrogens is 255 g/mol. The number of amides is 1. The van der Waals surface area contributed by atoms with E-state index in [-0.39, 0.29) is 17.8 Å². The number of carbonyl (C=O) groups excluding carboxylic acids is 1. The average molecular weight is 274 g/mol. The number of benzene rings is 2. The van der Waals surface area contributed by atoms with Gasteiger partial charge in [-0.2, -0.15) is 0 Å². The van der Waals surface area contributed by atoms with Crippen molar-refractivity contribution in [1.29, 1.82) is 0 Å². The minimum absolute atomic E-state index is 0.0451. The Morgan fingerprint density at radius 1 is 1.25 bits per heavy atom. The molecule has 0 fully saturated rings. The second kappa shape index (κ2) is 6.48.